The van der Waals surface area contributed by atoms with Gasteiger partial charge in [0.2, 0.25) is 5.91 Å². The lowest BCUT2D eigenvalue weighted by molar-refractivity contribution is -0.137. The van der Waals surface area contributed by atoms with Gasteiger partial charge < -0.3 is 20.1 Å². The van der Waals surface area contributed by atoms with Crippen molar-refractivity contribution in [2.75, 3.05) is 32.9 Å². The molecule has 1 unspecified atom stereocenters. The molecule has 0 bridgehead atoms. The van der Waals surface area contributed by atoms with E-state index in [-0.39, 0.29) is 37.2 Å². The second kappa shape index (κ2) is 8.95. The van der Waals surface area contributed by atoms with Gasteiger partial charge in [-0.25, -0.2) is 0 Å². The van der Waals surface area contributed by atoms with Crippen LogP contribution < -0.4 is 15.4 Å². The van der Waals surface area contributed by atoms with E-state index in [0.717, 1.165) is 12.1 Å². The largest absolute Gasteiger partial charge is 0.492 e. The van der Waals surface area contributed by atoms with Gasteiger partial charge in [0, 0.05) is 6.54 Å². The summed E-state index contributed by atoms with van der Waals surface area (Å²) >= 11 is 0. The van der Waals surface area contributed by atoms with E-state index in [9.17, 15) is 18.0 Å². The van der Waals surface area contributed by atoms with E-state index in [1.54, 1.807) is 0 Å². The number of benzene rings is 1. The van der Waals surface area contributed by atoms with Crippen LogP contribution in [0, 0.1) is 0 Å². The predicted molar refractivity (Wildman–Crippen MR) is 79.8 cm³/mol. The monoisotopic (exact) mass is 354 g/mol. The molecule has 2 rings (SSSR count). The minimum Gasteiger partial charge on any atom is -0.492 e. The molecule has 5 nitrogen and oxygen atoms in total. The summed E-state index contributed by atoms with van der Waals surface area (Å²) in [4.78, 5) is 11.7. The van der Waals surface area contributed by atoms with Gasteiger partial charge in [-0.3, -0.25) is 4.79 Å². The Kier molecular flexibility index (Phi) is 7.60. The molecule has 1 atom stereocenters. The van der Waals surface area contributed by atoms with Crippen molar-refractivity contribution in [3.05, 3.63) is 29.8 Å². The number of amides is 1. The smallest absolute Gasteiger partial charge is 0.416 e. The zero-order valence-corrected chi connectivity index (χ0v) is 13.0. The minimum absolute atomic E-state index is 0. The van der Waals surface area contributed by atoms with E-state index in [4.69, 9.17) is 9.47 Å². The van der Waals surface area contributed by atoms with Crippen LogP contribution in [0.2, 0.25) is 0 Å². The predicted octanol–water partition coefficient (Wildman–Crippen LogP) is 1.61. The fourth-order valence-electron chi connectivity index (χ4n) is 1.96. The molecule has 1 fully saturated rings. The molecular formula is C14H18ClF3N2O3. The first-order valence-electron chi connectivity index (χ1n) is 6.86. The summed E-state index contributed by atoms with van der Waals surface area (Å²) in [5.41, 5.74) is -0.766. The summed E-state index contributed by atoms with van der Waals surface area (Å²) in [7, 11) is 0. The molecule has 1 aliphatic heterocycles. The molecule has 1 aromatic rings. The number of morpholine rings is 1. The molecule has 0 radical (unpaired) electrons. The van der Waals surface area contributed by atoms with Crippen LogP contribution in [0.5, 0.6) is 5.75 Å². The first-order chi connectivity index (χ1) is 10.5. The van der Waals surface area contributed by atoms with Crippen molar-refractivity contribution in [2.24, 2.45) is 0 Å². The lowest BCUT2D eigenvalue weighted by Gasteiger charge is -2.22. The number of hydrogen-bond acceptors (Lipinski definition) is 4. The highest BCUT2D eigenvalue weighted by Gasteiger charge is 2.30. The molecule has 130 valence electrons. The zero-order valence-electron chi connectivity index (χ0n) is 12.2. The fraction of sp³-hybridized carbons (Fsp3) is 0.500. The highest BCUT2D eigenvalue weighted by atomic mass is 35.5. The lowest BCUT2D eigenvalue weighted by Crippen LogP contribution is -2.51. The van der Waals surface area contributed by atoms with E-state index in [2.05, 4.69) is 10.6 Å². The van der Waals surface area contributed by atoms with E-state index in [1.165, 1.54) is 12.1 Å². The topological polar surface area (TPSA) is 59.6 Å². The van der Waals surface area contributed by atoms with Gasteiger partial charge in [0.1, 0.15) is 18.4 Å². The Morgan fingerprint density at radius 1 is 1.43 bits per heavy atom. The first kappa shape index (κ1) is 19.5. The van der Waals surface area contributed by atoms with Crippen molar-refractivity contribution in [2.45, 2.75) is 12.2 Å². The van der Waals surface area contributed by atoms with Gasteiger partial charge in [0.15, 0.2) is 0 Å². The highest BCUT2D eigenvalue weighted by Crippen LogP contribution is 2.31. The van der Waals surface area contributed by atoms with Crippen LogP contribution in [0.15, 0.2) is 24.3 Å². The van der Waals surface area contributed by atoms with E-state index < -0.39 is 17.8 Å². The van der Waals surface area contributed by atoms with Crippen molar-refractivity contribution < 1.29 is 27.4 Å². The number of carbonyl (C=O) groups excluding carboxylic acids is 1. The maximum atomic E-state index is 12.5. The van der Waals surface area contributed by atoms with Gasteiger partial charge in [0.25, 0.3) is 0 Å². The second-order valence-corrected chi connectivity index (χ2v) is 4.75. The second-order valence-electron chi connectivity index (χ2n) is 4.75. The van der Waals surface area contributed by atoms with E-state index in [0.29, 0.717) is 19.8 Å². The first-order valence-corrected chi connectivity index (χ1v) is 6.86. The Hall–Kier alpha value is -1.51. The molecule has 0 aliphatic carbocycles. The van der Waals surface area contributed by atoms with Crippen molar-refractivity contribution in [1.29, 1.82) is 0 Å². The molecule has 2 N–H and O–H groups in total. The number of nitrogens with one attached hydrogen (secondary N) is 2. The molecule has 1 amide bonds. The molecule has 9 heteroatoms. The van der Waals surface area contributed by atoms with Crippen molar-refractivity contribution in [3.63, 3.8) is 0 Å². The maximum absolute atomic E-state index is 12.5. The molecular weight excluding hydrogens is 337 g/mol. The number of halogens is 4. The van der Waals surface area contributed by atoms with Crippen LogP contribution in [0.3, 0.4) is 0 Å². The van der Waals surface area contributed by atoms with Crippen LogP contribution in [0.25, 0.3) is 0 Å². The average molecular weight is 355 g/mol. The third-order valence-corrected chi connectivity index (χ3v) is 3.07. The maximum Gasteiger partial charge on any atom is 0.416 e. The Bertz CT molecular complexity index is 508. The van der Waals surface area contributed by atoms with Gasteiger partial charge >= 0.3 is 6.18 Å². The van der Waals surface area contributed by atoms with Crippen molar-refractivity contribution in [3.8, 4) is 5.75 Å². The molecule has 0 spiro atoms. The summed E-state index contributed by atoms with van der Waals surface area (Å²) in [6, 6.07) is 4.22. The molecule has 1 aromatic carbocycles. The minimum atomic E-state index is -4.40. The number of carbonyl (C=O) groups is 1. The van der Waals surface area contributed by atoms with Crippen molar-refractivity contribution >= 4 is 18.3 Å². The molecule has 1 aliphatic rings. The molecule has 23 heavy (non-hydrogen) atoms. The molecule has 1 saturated heterocycles. The molecule has 0 saturated carbocycles. The summed E-state index contributed by atoms with van der Waals surface area (Å²) in [5, 5.41) is 5.64. The van der Waals surface area contributed by atoms with Crippen LogP contribution in [0.4, 0.5) is 13.2 Å². The fourth-order valence-corrected chi connectivity index (χ4v) is 1.96. The van der Waals surface area contributed by atoms with Gasteiger partial charge in [-0.1, -0.05) is 6.07 Å². The van der Waals surface area contributed by atoms with E-state index in [1.807, 2.05) is 0 Å². The molecule has 0 aromatic heterocycles. The summed E-state index contributed by atoms with van der Waals surface area (Å²) < 4.78 is 48.0. The number of alkyl halides is 3. The number of hydrogen-bond donors (Lipinski definition) is 2. The SMILES string of the molecule is Cl.O=C(NCCOc1cccc(C(F)(F)F)c1)C1COCCN1. The van der Waals surface area contributed by atoms with Crippen molar-refractivity contribution in [1.82, 2.24) is 10.6 Å². The Morgan fingerprint density at radius 3 is 2.87 bits per heavy atom. The van der Waals surface area contributed by atoms with Crippen LogP contribution in [-0.4, -0.2) is 44.9 Å². The summed E-state index contributed by atoms with van der Waals surface area (Å²) in [5.74, 6) is -0.101. The summed E-state index contributed by atoms with van der Waals surface area (Å²) in [6.07, 6.45) is -4.40. The van der Waals surface area contributed by atoms with Crippen LogP contribution >= 0.6 is 12.4 Å². The molecule has 1 heterocycles. The third-order valence-electron chi connectivity index (χ3n) is 3.07. The van der Waals surface area contributed by atoms with Crippen LogP contribution in [0.1, 0.15) is 5.56 Å². The third kappa shape index (κ3) is 6.25. The zero-order chi connectivity index (χ0) is 16.0. The Balaban J connectivity index is 0.00000264. The van der Waals surface area contributed by atoms with Gasteiger partial charge in [-0.2, -0.15) is 13.2 Å². The normalized spacial score (nSPS) is 18.0. The van der Waals surface area contributed by atoms with E-state index >= 15 is 0 Å². The standard InChI is InChI=1S/C14H17F3N2O3.ClH/c15-14(16,17)10-2-1-3-11(8-10)22-7-5-19-13(20)12-9-21-6-4-18-12;/h1-3,8,12,18H,4-7,9H2,(H,19,20);1H. The average Bonchev–Trinajstić information content (AvgIpc) is 2.52. The summed E-state index contributed by atoms with van der Waals surface area (Å²) in [6.45, 7) is 1.77. The van der Waals surface area contributed by atoms with Crippen LogP contribution in [-0.2, 0) is 15.7 Å². The number of rotatable bonds is 5. The Labute approximate surface area is 137 Å². The number of ether oxygens (including phenoxy) is 2. The quantitative estimate of drug-likeness (QED) is 0.789. The van der Waals surface area contributed by atoms with Gasteiger partial charge in [0.05, 0.1) is 25.3 Å². The van der Waals surface area contributed by atoms with Gasteiger partial charge in [-0.05, 0) is 18.2 Å². The lowest BCUT2D eigenvalue weighted by atomic mass is 10.2. The van der Waals surface area contributed by atoms with Gasteiger partial charge in [-0.15, -0.1) is 12.4 Å². The highest BCUT2D eigenvalue weighted by molar-refractivity contribution is 5.85. The Morgan fingerprint density at radius 2 is 2.22 bits per heavy atom.